The Morgan fingerprint density at radius 3 is 2.62 bits per heavy atom. The van der Waals surface area contributed by atoms with E-state index >= 15 is 0 Å². The molecule has 0 radical (unpaired) electrons. The van der Waals surface area contributed by atoms with E-state index in [1.165, 1.54) is 36.0 Å². The number of ketones is 1. The molecule has 8 heteroatoms. The van der Waals surface area contributed by atoms with Crippen molar-refractivity contribution in [3.8, 4) is 11.4 Å². The van der Waals surface area contributed by atoms with Gasteiger partial charge in [0.25, 0.3) is 0 Å². The van der Waals surface area contributed by atoms with Crippen molar-refractivity contribution in [2.45, 2.75) is 18.7 Å². The number of carbonyl (C=O) groups is 1. The SMILES string of the molecule is Cc1ccccc1-n1cnnc1SCC(=O)c1ccc(OC(F)F)cc1. The molecule has 2 aromatic carbocycles. The highest BCUT2D eigenvalue weighted by atomic mass is 32.2. The Bertz CT molecular complexity index is 897. The number of alkyl halides is 2. The predicted molar refractivity (Wildman–Crippen MR) is 94.2 cm³/mol. The second-order valence-electron chi connectivity index (χ2n) is 5.38. The first kappa shape index (κ1) is 18.1. The van der Waals surface area contributed by atoms with E-state index in [2.05, 4.69) is 14.9 Å². The number of hydrogen-bond donors (Lipinski definition) is 0. The van der Waals surface area contributed by atoms with E-state index in [0.717, 1.165) is 11.3 Å². The summed E-state index contributed by atoms with van der Waals surface area (Å²) in [7, 11) is 0. The van der Waals surface area contributed by atoms with E-state index in [1.807, 2.05) is 35.8 Å². The number of halogens is 2. The number of aromatic nitrogens is 3. The third-order valence-corrected chi connectivity index (χ3v) is 4.57. The number of rotatable bonds is 7. The van der Waals surface area contributed by atoms with Crippen LogP contribution in [0.3, 0.4) is 0 Å². The summed E-state index contributed by atoms with van der Waals surface area (Å²) >= 11 is 1.26. The van der Waals surface area contributed by atoms with Crippen LogP contribution in [0.2, 0.25) is 0 Å². The van der Waals surface area contributed by atoms with Crippen molar-refractivity contribution in [1.82, 2.24) is 14.8 Å². The Morgan fingerprint density at radius 2 is 1.92 bits per heavy atom. The monoisotopic (exact) mass is 375 g/mol. The standard InChI is InChI=1S/C18H15F2N3O2S/c1-12-4-2-3-5-15(12)23-11-21-22-18(23)26-10-16(24)13-6-8-14(9-7-13)25-17(19)20/h2-9,11,17H,10H2,1H3. The van der Waals surface area contributed by atoms with Crippen molar-refractivity contribution >= 4 is 17.5 Å². The van der Waals surface area contributed by atoms with Crippen LogP contribution in [0.5, 0.6) is 5.75 Å². The van der Waals surface area contributed by atoms with Crippen molar-refractivity contribution in [3.63, 3.8) is 0 Å². The molecule has 1 aromatic heterocycles. The van der Waals surface area contributed by atoms with Crippen LogP contribution in [0.15, 0.2) is 60.0 Å². The zero-order valence-electron chi connectivity index (χ0n) is 13.8. The van der Waals surface area contributed by atoms with Gasteiger partial charge in [0.05, 0.1) is 11.4 Å². The van der Waals surface area contributed by atoms with Crippen LogP contribution < -0.4 is 4.74 Å². The van der Waals surface area contributed by atoms with E-state index in [-0.39, 0.29) is 17.3 Å². The van der Waals surface area contributed by atoms with Crippen LogP contribution in [-0.4, -0.2) is 32.9 Å². The lowest BCUT2D eigenvalue weighted by Crippen LogP contribution is -2.05. The molecule has 26 heavy (non-hydrogen) atoms. The van der Waals surface area contributed by atoms with Crippen LogP contribution in [0.1, 0.15) is 15.9 Å². The molecule has 0 amide bonds. The summed E-state index contributed by atoms with van der Waals surface area (Å²) in [4.78, 5) is 12.3. The molecular weight excluding hydrogens is 360 g/mol. The first-order valence-corrected chi connectivity index (χ1v) is 8.70. The van der Waals surface area contributed by atoms with Gasteiger partial charge in [0.1, 0.15) is 12.1 Å². The van der Waals surface area contributed by atoms with Crippen molar-refractivity contribution in [2.75, 3.05) is 5.75 Å². The fraction of sp³-hybridized carbons (Fsp3) is 0.167. The average Bonchev–Trinajstić information content (AvgIpc) is 3.08. The van der Waals surface area contributed by atoms with Gasteiger partial charge in [-0.25, -0.2) is 0 Å². The van der Waals surface area contributed by atoms with Gasteiger partial charge in [-0.3, -0.25) is 9.36 Å². The second kappa shape index (κ2) is 8.09. The highest BCUT2D eigenvalue weighted by molar-refractivity contribution is 7.99. The summed E-state index contributed by atoms with van der Waals surface area (Å²) < 4.78 is 30.4. The molecule has 0 fully saturated rings. The van der Waals surface area contributed by atoms with Crippen molar-refractivity contribution < 1.29 is 18.3 Å². The Labute approximate surface area is 153 Å². The van der Waals surface area contributed by atoms with Crippen LogP contribution in [0, 0.1) is 6.92 Å². The molecule has 0 bridgehead atoms. The quantitative estimate of drug-likeness (QED) is 0.459. The molecule has 0 unspecified atom stereocenters. The maximum atomic E-state index is 12.3. The van der Waals surface area contributed by atoms with Gasteiger partial charge in [0, 0.05) is 5.56 Å². The molecule has 0 saturated heterocycles. The largest absolute Gasteiger partial charge is 0.435 e. The van der Waals surface area contributed by atoms with E-state index in [4.69, 9.17) is 0 Å². The Hall–Kier alpha value is -2.74. The lowest BCUT2D eigenvalue weighted by Gasteiger charge is -2.09. The maximum absolute atomic E-state index is 12.3. The van der Waals surface area contributed by atoms with E-state index < -0.39 is 6.61 Å². The third kappa shape index (κ3) is 4.26. The summed E-state index contributed by atoms with van der Waals surface area (Å²) in [5, 5.41) is 8.59. The number of aryl methyl sites for hydroxylation is 1. The highest BCUT2D eigenvalue weighted by Gasteiger charge is 2.13. The number of Topliss-reactive ketones (excluding diaryl/α,β-unsaturated/α-hetero) is 1. The number of benzene rings is 2. The number of ether oxygens (including phenoxy) is 1. The summed E-state index contributed by atoms with van der Waals surface area (Å²) in [6, 6.07) is 13.4. The molecule has 0 aliphatic carbocycles. The fourth-order valence-electron chi connectivity index (χ4n) is 2.36. The number of thioether (sulfide) groups is 1. The highest BCUT2D eigenvalue weighted by Crippen LogP contribution is 2.23. The predicted octanol–water partition coefficient (Wildman–Crippen LogP) is 4.15. The Morgan fingerprint density at radius 1 is 1.19 bits per heavy atom. The number of nitrogens with zero attached hydrogens (tertiary/aromatic N) is 3. The minimum atomic E-state index is -2.89. The fourth-order valence-corrected chi connectivity index (χ4v) is 3.17. The second-order valence-corrected chi connectivity index (χ2v) is 6.33. The summed E-state index contributed by atoms with van der Waals surface area (Å²) in [5.74, 6) is 0.0287. The Kier molecular flexibility index (Phi) is 5.62. The maximum Gasteiger partial charge on any atom is 0.387 e. The number of para-hydroxylation sites is 1. The summed E-state index contributed by atoms with van der Waals surface area (Å²) in [6.45, 7) is -0.905. The molecule has 0 aliphatic rings. The minimum absolute atomic E-state index is 0.0171. The third-order valence-electron chi connectivity index (χ3n) is 3.63. The van der Waals surface area contributed by atoms with Crippen LogP contribution in [0.25, 0.3) is 5.69 Å². The first-order valence-electron chi connectivity index (χ1n) is 7.71. The zero-order chi connectivity index (χ0) is 18.5. The normalized spacial score (nSPS) is 10.9. The Balaban J connectivity index is 1.67. The van der Waals surface area contributed by atoms with E-state index in [1.54, 1.807) is 6.33 Å². The molecule has 134 valence electrons. The van der Waals surface area contributed by atoms with E-state index in [9.17, 15) is 13.6 Å². The number of carbonyl (C=O) groups excluding carboxylic acids is 1. The van der Waals surface area contributed by atoms with Gasteiger partial charge in [-0.1, -0.05) is 30.0 Å². The van der Waals surface area contributed by atoms with Crippen LogP contribution in [0.4, 0.5) is 8.78 Å². The molecule has 3 rings (SSSR count). The molecule has 0 atom stereocenters. The smallest absolute Gasteiger partial charge is 0.387 e. The molecule has 0 saturated carbocycles. The van der Waals surface area contributed by atoms with Gasteiger partial charge in [-0.2, -0.15) is 8.78 Å². The topological polar surface area (TPSA) is 57.0 Å². The number of hydrogen-bond acceptors (Lipinski definition) is 5. The van der Waals surface area contributed by atoms with Crippen LogP contribution in [-0.2, 0) is 0 Å². The summed E-state index contributed by atoms with van der Waals surface area (Å²) in [5.41, 5.74) is 2.43. The zero-order valence-corrected chi connectivity index (χ0v) is 14.6. The molecule has 1 heterocycles. The summed E-state index contributed by atoms with van der Waals surface area (Å²) in [6.07, 6.45) is 1.60. The molecule has 0 N–H and O–H groups in total. The van der Waals surface area contributed by atoms with E-state index in [0.29, 0.717) is 10.7 Å². The van der Waals surface area contributed by atoms with Crippen molar-refractivity contribution in [3.05, 3.63) is 66.0 Å². The van der Waals surface area contributed by atoms with Gasteiger partial charge in [-0.15, -0.1) is 10.2 Å². The minimum Gasteiger partial charge on any atom is -0.435 e. The molecule has 0 aliphatic heterocycles. The van der Waals surface area contributed by atoms with Gasteiger partial charge < -0.3 is 4.74 Å². The lowest BCUT2D eigenvalue weighted by atomic mass is 10.1. The van der Waals surface area contributed by atoms with Gasteiger partial charge in [0.2, 0.25) is 0 Å². The lowest BCUT2D eigenvalue weighted by molar-refractivity contribution is -0.0498. The molecule has 3 aromatic rings. The van der Waals surface area contributed by atoms with Gasteiger partial charge in [-0.05, 0) is 42.8 Å². The van der Waals surface area contributed by atoms with Crippen LogP contribution >= 0.6 is 11.8 Å². The molecular formula is C18H15F2N3O2S. The van der Waals surface area contributed by atoms with Gasteiger partial charge in [0.15, 0.2) is 10.9 Å². The first-order chi connectivity index (χ1) is 12.5. The average molecular weight is 375 g/mol. The molecule has 5 nitrogen and oxygen atoms in total. The van der Waals surface area contributed by atoms with Crippen molar-refractivity contribution in [1.29, 1.82) is 0 Å². The molecule has 0 spiro atoms. The van der Waals surface area contributed by atoms with Gasteiger partial charge >= 0.3 is 6.61 Å². The van der Waals surface area contributed by atoms with Crippen molar-refractivity contribution in [2.24, 2.45) is 0 Å².